The second-order valence-electron chi connectivity index (χ2n) is 14.5. The first-order chi connectivity index (χ1) is 25.7. The van der Waals surface area contributed by atoms with Gasteiger partial charge in [-0.3, -0.25) is 9.98 Å². The van der Waals surface area contributed by atoms with E-state index >= 15 is 0 Å². The molecule has 0 aliphatic heterocycles. The highest BCUT2D eigenvalue weighted by Gasteiger charge is 2.29. The van der Waals surface area contributed by atoms with Crippen molar-refractivity contribution in [2.45, 2.75) is 79.1 Å². The number of aryl methyl sites for hydroxylation is 2. The SMILES string of the molecule is Cc1cc2c(C(C)C)c(O)c(O)c(C=NC3=CC=C(C#N)CC3)c2c(O)c1-c1c(C)cc2c(C(C)C)c(O)c(O)c(C=NC3=CC=C(C#N)CC3)c2c1O. The topological polar surface area (TPSA) is 194 Å². The van der Waals surface area contributed by atoms with Gasteiger partial charge in [0.25, 0.3) is 0 Å². The summed E-state index contributed by atoms with van der Waals surface area (Å²) in [6, 6.07) is 7.89. The minimum absolute atomic E-state index is 0.0754. The number of hydrogen-bond acceptors (Lipinski definition) is 10. The number of nitriles is 2. The van der Waals surface area contributed by atoms with E-state index in [1.54, 1.807) is 50.3 Å². The zero-order valence-corrected chi connectivity index (χ0v) is 31.1. The summed E-state index contributed by atoms with van der Waals surface area (Å²) >= 11 is 0. The van der Waals surface area contributed by atoms with E-state index in [0.29, 0.717) is 81.2 Å². The molecular weight excluding hydrogens is 681 g/mol. The van der Waals surface area contributed by atoms with Crippen LogP contribution < -0.4 is 0 Å². The van der Waals surface area contributed by atoms with Crippen molar-refractivity contribution in [2.24, 2.45) is 9.98 Å². The predicted octanol–water partition coefficient (Wildman–Crippen LogP) is 9.85. The molecule has 0 saturated heterocycles. The molecule has 10 nitrogen and oxygen atoms in total. The lowest BCUT2D eigenvalue weighted by atomic mass is 9.83. The number of fused-ring (bicyclic) bond motifs is 2. The van der Waals surface area contributed by atoms with E-state index in [9.17, 15) is 41.2 Å². The monoisotopic (exact) mass is 722 g/mol. The van der Waals surface area contributed by atoms with E-state index in [4.69, 9.17) is 0 Å². The molecular formula is C44H42N4O6. The fraction of sp³-hybridized carbons (Fsp3) is 0.273. The number of aromatic hydroxyl groups is 6. The summed E-state index contributed by atoms with van der Waals surface area (Å²) in [6.07, 6.45) is 11.6. The van der Waals surface area contributed by atoms with E-state index in [1.165, 1.54) is 12.4 Å². The molecule has 0 amide bonds. The maximum absolute atomic E-state index is 12.4. The Balaban J connectivity index is 1.68. The summed E-state index contributed by atoms with van der Waals surface area (Å²) in [5, 5.41) is 90.1. The first kappa shape index (κ1) is 37.2. The number of hydrogen-bond donors (Lipinski definition) is 6. The lowest BCUT2D eigenvalue weighted by Crippen LogP contribution is -2.01. The molecule has 274 valence electrons. The Morgan fingerprint density at radius 3 is 1.22 bits per heavy atom. The summed E-state index contributed by atoms with van der Waals surface area (Å²) in [6.45, 7) is 11.0. The summed E-state index contributed by atoms with van der Waals surface area (Å²) in [4.78, 5) is 9.15. The predicted molar refractivity (Wildman–Crippen MR) is 212 cm³/mol. The molecule has 6 rings (SSSR count). The Kier molecular flexibility index (Phi) is 9.99. The first-order valence-corrected chi connectivity index (χ1v) is 17.9. The van der Waals surface area contributed by atoms with Crippen LogP contribution in [0.25, 0.3) is 32.7 Å². The second-order valence-corrected chi connectivity index (χ2v) is 14.5. The van der Waals surface area contributed by atoms with Crippen LogP contribution in [0.2, 0.25) is 0 Å². The van der Waals surface area contributed by atoms with E-state index < -0.39 is 11.5 Å². The van der Waals surface area contributed by atoms with Crippen LogP contribution in [0, 0.1) is 36.5 Å². The van der Waals surface area contributed by atoms with Gasteiger partial charge in [0.15, 0.2) is 23.0 Å². The quantitative estimate of drug-likeness (QED) is 0.0801. The highest BCUT2D eigenvalue weighted by Crippen LogP contribution is 2.54. The molecule has 2 aliphatic rings. The molecule has 6 N–H and O–H groups in total. The van der Waals surface area contributed by atoms with Gasteiger partial charge in [-0.2, -0.15) is 10.5 Å². The molecule has 4 aromatic carbocycles. The number of benzene rings is 4. The van der Waals surface area contributed by atoms with Crippen molar-refractivity contribution in [2.75, 3.05) is 0 Å². The van der Waals surface area contributed by atoms with E-state index in [2.05, 4.69) is 22.1 Å². The number of phenols is 6. The van der Waals surface area contributed by atoms with Crippen LogP contribution in [0.4, 0.5) is 0 Å². The van der Waals surface area contributed by atoms with Crippen molar-refractivity contribution in [3.63, 3.8) is 0 Å². The Bertz CT molecular complexity index is 2380. The maximum Gasteiger partial charge on any atom is 0.167 e. The molecule has 0 unspecified atom stereocenters. The van der Waals surface area contributed by atoms with E-state index in [1.807, 2.05) is 27.7 Å². The number of aliphatic imine (C=N–C) groups is 2. The number of rotatable bonds is 7. The third-order valence-electron chi connectivity index (χ3n) is 10.2. The fourth-order valence-electron chi connectivity index (χ4n) is 7.57. The van der Waals surface area contributed by atoms with E-state index in [0.717, 1.165) is 0 Å². The van der Waals surface area contributed by atoms with E-state index in [-0.39, 0.29) is 67.9 Å². The van der Waals surface area contributed by atoms with Gasteiger partial charge in [0.2, 0.25) is 0 Å². The first-order valence-electron chi connectivity index (χ1n) is 17.9. The Labute approximate surface area is 313 Å². The average molecular weight is 723 g/mol. The third kappa shape index (κ3) is 6.30. The smallest absolute Gasteiger partial charge is 0.167 e. The number of phenolic OH excluding ortho intramolecular Hbond substituents is 6. The van der Waals surface area contributed by atoms with Gasteiger partial charge in [0, 0.05) is 68.0 Å². The molecule has 0 fully saturated rings. The van der Waals surface area contributed by atoms with Crippen LogP contribution in [-0.2, 0) is 0 Å². The highest BCUT2D eigenvalue weighted by molar-refractivity contribution is 6.15. The van der Waals surface area contributed by atoms with Crippen LogP contribution in [-0.4, -0.2) is 43.1 Å². The van der Waals surface area contributed by atoms with Crippen molar-refractivity contribution in [1.29, 1.82) is 10.5 Å². The molecule has 2 aliphatic carbocycles. The zero-order chi connectivity index (χ0) is 39.2. The van der Waals surface area contributed by atoms with Crippen molar-refractivity contribution in [1.82, 2.24) is 0 Å². The Morgan fingerprint density at radius 1 is 0.556 bits per heavy atom. The average Bonchev–Trinajstić information content (AvgIpc) is 3.13. The standard InChI is InChI=1S/C44H42N4O6/c1-21(2)33-29-15-23(5)35(41(51)37(29)31(39(49)43(33)53)19-47-27-11-7-25(17-45)8-12-27)36-24(6)16-30-34(22(3)4)44(54)40(50)32(38(30)42(36)52)20-48-28-13-9-26(18-46)10-14-28/h7,9,11,13,15-16,19-22,49-54H,8,10,12,14H2,1-6H3. The van der Waals surface area contributed by atoms with Crippen LogP contribution in [0.3, 0.4) is 0 Å². The van der Waals surface area contributed by atoms with Crippen LogP contribution >= 0.6 is 0 Å². The Hall–Kier alpha value is -6.52. The lowest BCUT2D eigenvalue weighted by Gasteiger charge is -2.23. The van der Waals surface area contributed by atoms with Crippen molar-refractivity contribution < 1.29 is 30.6 Å². The Morgan fingerprint density at radius 2 is 0.926 bits per heavy atom. The molecule has 0 radical (unpaired) electrons. The minimum atomic E-state index is -0.460. The van der Waals surface area contributed by atoms with Gasteiger partial charge >= 0.3 is 0 Å². The minimum Gasteiger partial charge on any atom is -0.507 e. The van der Waals surface area contributed by atoms with Gasteiger partial charge in [0.05, 0.1) is 23.3 Å². The third-order valence-corrected chi connectivity index (χ3v) is 10.2. The van der Waals surface area contributed by atoms with Gasteiger partial charge in [-0.25, -0.2) is 0 Å². The molecule has 0 bridgehead atoms. The molecule has 0 aromatic heterocycles. The largest absolute Gasteiger partial charge is 0.507 e. The summed E-state index contributed by atoms with van der Waals surface area (Å²) in [7, 11) is 0. The summed E-state index contributed by atoms with van der Waals surface area (Å²) in [5.41, 5.74) is 5.20. The van der Waals surface area contributed by atoms with Crippen LogP contribution in [0.1, 0.15) is 98.6 Å². The summed E-state index contributed by atoms with van der Waals surface area (Å²) < 4.78 is 0. The van der Waals surface area contributed by atoms with Gasteiger partial charge in [0.1, 0.15) is 11.5 Å². The zero-order valence-electron chi connectivity index (χ0n) is 31.1. The van der Waals surface area contributed by atoms with Crippen LogP contribution in [0.15, 0.2) is 69.0 Å². The highest BCUT2D eigenvalue weighted by atomic mass is 16.3. The lowest BCUT2D eigenvalue weighted by molar-refractivity contribution is 0.398. The molecule has 0 saturated carbocycles. The van der Waals surface area contributed by atoms with Gasteiger partial charge in [-0.15, -0.1) is 0 Å². The molecule has 0 atom stereocenters. The number of nitrogens with zero attached hydrogens (tertiary/aromatic N) is 4. The van der Waals surface area contributed by atoms with Crippen molar-refractivity contribution in [3.8, 4) is 57.8 Å². The molecule has 0 spiro atoms. The molecule has 10 heteroatoms. The van der Waals surface area contributed by atoms with Crippen molar-refractivity contribution in [3.05, 3.63) is 92.4 Å². The molecule has 0 heterocycles. The molecule has 4 aromatic rings. The second kappa shape index (κ2) is 14.5. The number of allylic oxidation sites excluding steroid dienone is 8. The van der Waals surface area contributed by atoms with Crippen molar-refractivity contribution >= 4 is 34.0 Å². The van der Waals surface area contributed by atoms with Gasteiger partial charge in [-0.1, -0.05) is 39.8 Å². The normalized spacial score (nSPS) is 14.9. The summed E-state index contributed by atoms with van der Waals surface area (Å²) in [5.74, 6) is -2.61. The van der Waals surface area contributed by atoms with Gasteiger partial charge < -0.3 is 30.6 Å². The fourth-order valence-corrected chi connectivity index (χ4v) is 7.57. The molecule has 54 heavy (non-hydrogen) atoms. The maximum atomic E-state index is 12.4. The van der Waals surface area contributed by atoms with Gasteiger partial charge in [-0.05, 0) is 97.6 Å². The van der Waals surface area contributed by atoms with Crippen LogP contribution in [0.5, 0.6) is 34.5 Å².